The van der Waals surface area contributed by atoms with E-state index in [9.17, 15) is 14.0 Å². The lowest BCUT2D eigenvalue weighted by Crippen LogP contribution is -2.30. The van der Waals surface area contributed by atoms with Crippen molar-refractivity contribution in [1.29, 1.82) is 0 Å². The Kier molecular flexibility index (Phi) is 6.59. The Hall–Kier alpha value is -3.94. The fraction of sp³-hybridized carbons (Fsp3) is 0.136. The van der Waals surface area contributed by atoms with Gasteiger partial charge in [-0.2, -0.15) is 0 Å². The third-order valence-electron chi connectivity index (χ3n) is 4.14. The van der Waals surface area contributed by atoms with Gasteiger partial charge in [0, 0.05) is 24.1 Å². The molecule has 0 aliphatic heterocycles. The molecule has 0 aliphatic rings. The molecule has 30 heavy (non-hydrogen) atoms. The Labute approximate surface area is 172 Å². The van der Waals surface area contributed by atoms with Gasteiger partial charge in [-0.05, 0) is 55.5 Å². The number of halogens is 1. The molecule has 0 aliphatic carbocycles. The van der Waals surface area contributed by atoms with Gasteiger partial charge in [0.25, 0.3) is 11.8 Å². The molecular formula is C22H20FN3O4. The van der Waals surface area contributed by atoms with Crippen molar-refractivity contribution in [1.82, 2.24) is 4.98 Å². The van der Waals surface area contributed by atoms with Crippen LogP contribution in [0.4, 0.5) is 15.8 Å². The number of methoxy groups -OCH3 is 1. The van der Waals surface area contributed by atoms with E-state index in [1.807, 2.05) is 0 Å². The van der Waals surface area contributed by atoms with Crippen molar-refractivity contribution >= 4 is 23.2 Å². The van der Waals surface area contributed by atoms with Crippen LogP contribution >= 0.6 is 0 Å². The SMILES string of the molecule is COc1cc(NC(=O)C(C)Oc2ccc(F)cc2)ccc1NC(=O)c1cccnc1. The number of nitrogens with one attached hydrogen (secondary N) is 2. The predicted molar refractivity (Wildman–Crippen MR) is 110 cm³/mol. The third-order valence-corrected chi connectivity index (χ3v) is 4.14. The summed E-state index contributed by atoms with van der Waals surface area (Å²) in [6, 6.07) is 13.5. The Morgan fingerprint density at radius 3 is 2.50 bits per heavy atom. The number of ether oxygens (including phenoxy) is 2. The summed E-state index contributed by atoms with van der Waals surface area (Å²) in [6.07, 6.45) is 2.22. The van der Waals surface area contributed by atoms with Crippen molar-refractivity contribution in [3.63, 3.8) is 0 Å². The van der Waals surface area contributed by atoms with Crippen LogP contribution in [0.5, 0.6) is 11.5 Å². The highest BCUT2D eigenvalue weighted by atomic mass is 19.1. The summed E-state index contributed by atoms with van der Waals surface area (Å²) in [5, 5.41) is 5.47. The van der Waals surface area contributed by atoms with E-state index < -0.39 is 12.0 Å². The number of carbonyl (C=O) groups is 2. The van der Waals surface area contributed by atoms with Gasteiger partial charge >= 0.3 is 0 Å². The van der Waals surface area contributed by atoms with Crippen LogP contribution in [0.1, 0.15) is 17.3 Å². The second-order valence-corrected chi connectivity index (χ2v) is 6.31. The molecule has 3 rings (SSSR count). The molecule has 2 N–H and O–H groups in total. The number of carbonyl (C=O) groups excluding carboxylic acids is 2. The first-order chi connectivity index (χ1) is 14.5. The van der Waals surface area contributed by atoms with Gasteiger partial charge in [-0.25, -0.2) is 4.39 Å². The van der Waals surface area contributed by atoms with Crippen molar-refractivity contribution in [2.24, 2.45) is 0 Å². The summed E-state index contributed by atoms with van der Waals surface area (Å²) in [4.78, 5) is 28.6. The molecular weight excluding hydrogens is 389 g/mol. The minimum absolute atomic E-state index is 0.334. The second kappa shape index (κ2) is 9.51. The van der Waals surface area contributed by atoms with E-state index in [2.05, 4.69) is 15.6 Å². The van der Waals surface area contributed by atoms with Gasteiger partial charge in [-0.3, -0.25) is 14.6 Å². The molecule has 2 amide bonds. The number of aromatic nitrogens is 1. The fourth-order valence-corrected chi connectivity index (χ4v) is 2.58. The highest BCUT2D eigenvalue weighted by Gasteiger charge is 2.16. The van der Waals surface area contributed by atoms with Gasteiger partial charge in [-0.15, -0.1) is 0 Å². The van der Waals surface area contributed by atoms with Gasteiger partial charge in [0.1, 0.15) is 17.3 Å². The molecule has 3 aromatic rings. The molecule has 0 radical (unpaired) electrons. The lowest BCUT2D eigenvalue weighted by atomic mass is 10.2. The largest absolute Gasteiger partial charge is 0.494 e. The third kappa shape index (κ3) is 5.32. The molecule has 7 nitrogen and oxygen atoms in total. The van der Waals surface area contributed by atoms with E-state index in [0.717, 1.165) is 0 Å². The summed E-state index contributed by atoms with van der Waals surface area (Å²) in [6.45, 7) is 1.58. The van der Waals surface area contributed by atoms with E-state index in [4.69, 9.17) is 9.47 Å². The first-order valence-corrected chi connectivity index (χ1v) is 9.09. The number of anilines is 2. The maximum Gasteiger partial charge on any atom is 0.265 e. The lowest BCUT2D eigenvalue weighted by molar-refractivity contribution is -0.122. The quantitative estimate of drug-likeness (QED) is 0.618. The van der Waals surface area contributed by atoms with Crippen molar-refractivity contribution in [2.45, 2.75) is 13.0 Å². The topological polar surface area (TPSA) is 89.5 Å². The average Bonchev–Trinajstić information content (AvgIpc) is 2.76. The number of rotatable bonds is 7. The maximum absolute atomic E-state index is 13.0. The molecule has 0 saturated heterocycles. The highest BCUT2D eigenvalue weighted by Crippen LogP contribution is 2.28. The zero-order valence-corrected chi connectivity index (χ0v) is 16.4. The van der Waals surface area contributed by atoms with Crippen LogP contribution in [0, 0.1) is 5.82 Å². The number of amides is 2. The summed E-state index contributed by atoms with van der Waals surface area (Å²) in [7, 11) is 1.46. The Balaban J connectivity index is 1.65. The number of benzene rings is 2. The smallest absolute Gasteiger partial charge is 0.265 e. The minimum Gasteiger partial charge on any atom is -0.494 e. The maximum atomic E-state index is 13.0. The van der Waals surface area contributed by atoms with Crippen molar-refractivity contribution < 1.29 is 23.5 Å². The summed E-state index contributed by atoms with van der Waals surface area (Å²) in [5.74, 6) is -0.363. The van der Waals surface area contributed by atoms with E-state index in [-0.39, 0.29) is 11.7 Å². The van der Waals surface area contributed by atoms with Gasteiger partial charge in [0.05, 0.1) is 18.4 Å². The van der Waals surface area contributed by atoms with Gasteiger partial charge in [0.2, 0.25) is 0 Å². The molecule has 1 unspecified atom stereocenters. The standard InChI is InChI=1S/C22H20FN3O4/c1-14(30-18-8-5-16(23)6-9-18)21(27)25-17-7-10-19(20(12-17)29-2)26-22(28)15-4-3-11-24-13-15/h3-14H,1-2H3,(H,25,27)(H,26,28). The van der Waals surface area contributed by atoms with E-state index in [1.54, 1.807) is 43.5 Å². The molecule has 2 aromatic carbocycles. The Morgan fingerprint density at radius 1 is 1.07 bits per heavy atom. The zero-order valence-electron chi connectivity index (χ0n) is 16.4. The van der Waals surface area contributed by atoms with E-state index >= 15 is 0 Å². The molecule has 1 aromatic heterocycles. The molecule has 0 bridgehead atoms. The highest BCUT2D eigenvalue weighted by molar-refractivity contribution is 6.05. The van der Waals surface area contributed by atoms with Gasteiger partial charge < -0.3 is 20.1 Å². The molecule has 0 spiro atoms. The van der Waals surface area contributed by atoms with Crippen LogP contribution in [0.15, 0.2) is 67.0 Å². The number of nitrogens with zero attached hydrogens (tertiary/aromatic N) is 1. The normalized spacial score (nSPS) is 11.3. The molecule has 0 fully saturated rings. The molecule has 1 heterocycles. The first-order valence-electron chi connectivity index (χ1n) is 9.09. The summed E-state index contributed by atoms with van der Waals surface area (Å²) < 4.78 is 23.8. The Morgan fingerprint density at radius 2 is 1.83 bits per heavy atom. The number of pyridine rings is 1. The van der Waals surface area contributed by atoms with Crippen molar-refractivity contribution in [3.8, 4) is 11.5 Å². The molecule has 1 atom stereocenters. The fourth-order valence-electron chi connectivity index (χ4n) is 2.58. The number of hydrogen-bond donors (Lipinski definition) is 2. The molecule has 0 saturated carbocycles. The molecule has 154 valence electrons. The van der Waals surface area contributed by atoms with E-state index in [0.29, 0.717) is 28.4 Å². The van der Waals surface area contributed by atoms with E-state index in [1.165, 1.54) is 37.6 Å². The average molecular weight is 409 g/mol. The minimum atomic E-state index is -0.814. The van der Waals surface area contributed by atoms with Crippen LogP contribution in [0.3, 0.4) is 0 Å². The van der Waals surface area contributed by atoms with Crippen LogP contribution in [0.25, 0.3) is 0 Å². The van der Waals surface area contributed by atoms with Crippen LogP contribution in [-0.4, -0.2) is 30.0 Å². The van der Waals surface area contributed by atoms with Crippen LogP contribution < -0.4 is 20.1 Å². The van der Waals surface area contributed by atoms with Crippen LogP contribution in [-0.2, 0) is 4.79 Å². The van der Waals surface area contributed by atoms with Crippen molar-refractivity contribution in [3.05, 3.63) is 78.4 Å². The summed E-state index contributed by atoms with van der Waals surface area (Å²) >= 11 is 0. The summed E-state index contributed by atoms with van der Waals surface area (Å²) in [5.41, 5.74) is 1.31. The lowest BCUT2D eigenvalue weighted by Gasteiger charge is -2.16. The zero-order chi connectivity index (χ0) is 21.5. The van der Waals surface area contributed by atoms with Gasteiger partial charge in [0.15, 0.2) is 6.10 Å². The monoisotopic (exact) mass is 409 g/mol. The van der Waals surface area contributed by atoms with Crippen molar-refractivity contribution in [2.75, 3.05) is 17.7 Å². The second-order valence-electron chi connectivity index (χ2n) is 6.31. The van der Waals surface area contributed by atoms with Gasteiger partial charge in [-0.1, -0.05) is 0 Å². The number of hydrogen-bond acceptors (Lipinski definition) is 5. The predicted octanol–water partition coefficient (Wildman–Crippen LogP) is 3.89. The first kappa shape index (κ1) is 20.8. The Bertz CT molecular complexity index is 1030. The molecule has 8 heteroatoms. The van der Waals surface area contributed by atoms with Crippen LogP contribution in [0.2, 0.25) is 0 Å².